The molecule has 8 nitrogen and oxygen atoms in total. The minimum absolute atomic E-state index is 0.0769. The third kappa shape index (κ3) is 6.20. The predicted molar refractivity (Wildman–Crippen MR) is 137 cm³/mol. The Kier molecular flexibility index (Phi) is 7.71. The molecule has 182 valence electrons. The van der Waals surface area contributed by atoms with Crippen molar-refractivity contribution in [3.8, 4) is 0 Å². The first-order valence-electron chi connectivity index (χ1n) is 11.8. The SMILES string of the molecule is CCCCNc1nc(N)nc2ccc(Cc3ccc(C[N+](C)(CC(=O)O)C(C)(C)C)cc3)nc12. The van der Waals surface area contributed by atoms with Gasteiger partial charge in [0.2, 0.25) is 5.95 Å². The number of hydrogen-bond donors (Lipinski definition) is 3. The number of hydrogen-bond acceptors (Lipinski definition) is 6. The van der Waals surface area contributed by atoms with Crippen LogP contribution in [0.5, 0.6) is 0 Å². The van der Waals surface area contributed by atoms with Gasteiger partial charge < -0.3 is 20.6 Å². The predicted octanol–water partition coefficient (Wildman–Crippen LogP) is 4.24. The number of unbranched alkanes of at least 4 members (excludes halogenated alkanes) is 1. The van der Waals surface area contributed by atoms with E-state index < -0.39 is 5.97 Å². The van der Waals surface area contributed by atoms with Gasteiger partial charge >= 0.3 is 5.97 Å². The first kappa shape index (κ1) is 25.4. The normalized spacial score (nSPS) is 13.6. The van der Waals surface area contributed by atoms with Crippen molar-refractivity contribution in [1.29, 1.82) is 0 Å². The zero-order chi connectivity index (χ0) is 24.9. The molecule has 2 heterocycles. The number of nitrogens with one attached hydrogen (secondary N) is 1. The van der Waals surface area contributed by atoms with Crippen LogP contribution in [0.15, 0.2) is 36.4 Å². The average Bonchev–Trinajstić information content (AvgIpc) is 2.74. The third-order valence-corrected chi connectivity index (χ3v) is 6.48. The van der Waals surface area contributed by atoms with Crippen LogP contribution in [0.3, 0.4) is 0 Å². The van der Waals surface area contributed by atoms with Crippen LogP contribution in [-0.2, 0) is 17.8 Å². The van der Waals surface area contributed by atoms with Crippen molar-refractivity contribution >= 4 is 28.8 Å². The first-order valence-corrected chi connectivity index (χ1v) is 11.8. The van der Waals surface area contributed by atoms with Gasteiger partial charge in [-0.1, -0.05) is 37.6 Å². The molecule has 34 heavy (non-hydrogen) atoms. The Labute approximate surface area is 201 Å². The number of fused-ring (bicyclic) bond motifs is 1. The molecule has 4 N–H and O–H groups in total. The molecule has 0 amide bonds. The molecule has 0 spiro atoms. The van der Waals surface area contributed by atoms with Crippen LogP contribution in [0, 0.1) is 0 Å². The molecule has 3 aromatic rings. The van der Waals surface area contributed by atoms with E-state index in [1.807, 2.05) is 19.2 Å². The lowest BCUT2D eigenvalue weighted by molar-refractivity contribution is -0.959. The van der Waals surface area contributed by atoms with Crippen molar-refractivity contribution in [3.63, 3.8) is 0 Å². The van der Waals surface area contributed by atoms with E-state index in [9.17, 15) is 9.90 Å². The van der Waals surface area contributed by atoms with Crippen LogP contribution in [0.25, 0.3) is 11.0 Å². The molecule has 0 bridgehead atoms. The second kappa shape index (κ2) is 10.3. The zero-order valence-corrected chi connectivity index (χ0v) is 20.9. The number of anilines is 2. The number of benzene rings is 1. The highest BCUT2D eigenvalue weighted by Gasteiger charge is 2.38. The van der Waals surface area contributed by atoms with Crippen LogP contribution in [0.4, 0.5) is 11.8 Å². The maximum Gasteiger partial charge on any atom is 0.359 e. The molecule has 8 heteroatoms. The number of quaternary nitrogens is 1. The third-order valence-electron chi connectivity index (χ3n) is 6.48. The maximum absolute atomic E-state index is 11.5. The van der Waals surface area contributed by atoms with Gasteiger partial charge in [0.1, 0.15) is 12.1 Å². The van der Waals surface area contributed by atoms with E-state index in [0.29, 0.717) is 23.3 Å². The summed E-state index contributed by atoms with van der Waals surface area (Å²) in [5.41, 5.74) is 10.3. The zero-order valence-electron chi connectivity index (χ0n) is 20.9. The Morgan fingerprint density at radius 1 is 1.06 bits per heavy atom. The summed E-state index contributed by atoms with van der Waals surface area (Å²) in [4.78, 5) is 25.0. The molecule has 0 aliphatic rings. The Morgan fingerprint density at radius 3 is 2.35 bits per heavy atom. The minimum Gasteiger partial charge on any atom is -0.477 e. The number of rotatable bonds is 10. The average molecular weight is 466 g/mol. The van der Waals surface area contributed by atoms with E-state index in [4.69, 9.17) is 10.7 Å². The largest absolute Gasteiger partial charge is 0.477 e. The van der Waals surface area contributed by atoms with E-state index in [-0.39, 0.29) is 18.0 Å². The number of carboxylic acids is 1. The summed E-state index contributed by atoms with van der Waals surface area (Å²) in [6, 6.07) is 12.3. The number of nitrogens with zero attached hydrogens (tertiary/aromatic N) is 4. The Morgan fingerprint density at radius 2 is 1.74 bits per heavy atom. The van der Waals surface area contributed by atoms with Gasteiger partial charge in [-0.05, 0) is 44.9 Å². The number of nitrogens with two attached hydrogens (primary N) is 1. The number of aromatic nitrogens is 3. The van der Waals surface area contributed by atoms with E-state index in [2.05, 4.69) is 67.2 Å². The molecule has 0 fully saturated rings. The van der Waals surface area contributed by atoms with Crippen molar-refractivity contribution in [3.05, 3.63) is 53.2 Å². The molecular formula is C26H37N6O2+. The summed E-state index contributed by atoms with van der Waals surface area (Å²) in [6.07, 6.45) is 2.80. The van der Waals surface area contributed by atoms with Crippen molar-refractivity contribution in [2.24, 2.45) is 0 Å². The lowest BCUT2D eigenvalue weighted by Crippen LogP contribution is -2.58. The summed E-state index contributed by atoms with van der Waals surface area (Å²) in [7, 11) is 2.00. The summed E-state index contributed by atoms with van der Waals surface area (Å²) >= 11 is 0. The summed E-state index contributed by atoms with van der Waals surface area (Å²) in [6.45, 7) is 9.92. The fourth-order valence-electron chi connectivity index (χ4n) is 3.88. The van der Waals surface area contributed by atoms with Crippen molar-refractivity contribution < 1.29 is 14.4 Å². The number of carbonyl (C=O) groups is 1. The number of nitrogen functional groups attached to an aromatic ring is 1. The van der Waals surface area contributed by atoms with Gasteiger partial charge in [0.05, 0.1) is 18.1 Å². The first-order chi connectivity index (χ1) is 16.0. The Balaban J connectivity index is 1.79. The number of likely N-dealkylation sites (N-methyl/N-ethyl adjacent to an activating group) is 1. The van der Waals surface area contributed by atoms with Crippen LogP contribution >= 0.6 is 0 Å². The second-order valence-electron chi connectivity index (χ2n) is 10.2. The molecular weight excluding hydrogens is 428 g/mol. The van der Waals surface area contributed by atoms with Gasteiger partial charge in [0, 0.05) is 24.2 Å². The molecule has 0 saturated heterocycles. The lowest BCUT2D eigenvalue weighted by Gasteiger charge is -2.44. The topological polar surface area (TPSA) is 114 Å². The van der Waals surface area contributed by atoms with Crippen LogP contribution in [0.2, 0.25) is 0 Å². The van der Waals surface area contributed by atoms with Crippen LogP contribution < -0.4 is 11.1 Å². The Bertz CT molecular complexity index is 1140. The minimum atomic E-state index is -0.786. The van der Waals surface area contributed by atoms with E-state index >= 15 is 0 Å². The van der Waals surface area contributed by atoms with Crippen molar-refractivity contribution in [2.45, 2.75) is 59.0 Å². The molecule has 1 aromatic carbocycles. The maximum atomic E-state index is 11.5. The molecule has 0 aliphatic heterocycles. The molecule has 0 radical (unpaired) electrons. The summed E-state index contributed by atoms with van der Waals surface area (Å²) in [5, 5.41) is 12.8. The van der Waals surface area contributed by atoms with Gasteiger partial charge in [-0.2, -0.15) is 4.98 Å². The van der Waals surface area contributed by atoms with Crippen LogP contribution in [-0.4, -0.2) is 56.2 Å². The van der Waals surface area contributed by atoms with E-state index in [1.54, 1.807) is 0 Å². The second-order valence-corrected chi connectivity index (χ2v) is 10.2. The highest BCUT2D eigenvalue weighted by molar-refractivity contribution is 5.86. The molecule has 3 rings (SSSR count). The highest BCUT2D eigenvalue weighted by Crippen LogP contribution is 2.26. The molecule has 2 aromatic heterocycles. The number of carboxylic acid groups (broad SMARTS) is 1. The van der Waals surface area contributed by atoms with E-state index in [0.717, 1.165) is 47.2 Å². The van der Waals surface area contributed by atoms with E-state index in [1.165, 1.54) is 0 Å². The van der Waals surface area contributed by atoms with Crippen molar-refractivity contribution in [2.75, 3.05) is 31.2 Å². The fourth-order valence-corrected chi connectivity index (χ4v) is 3.88. The standard InChI is InChI=1S/C26H36N6O2/c1-6-7-14-28-24-23-21(30-25(27)31-24)13-12-20(29-23)15-18-8-10-19(11-9-18)16-32(5,17-22(33)34)26(2,3)4/h8-13H,6-7,14-17H2,1-5H3,(H3-,27,28,30,31,33,34)/p+1. The van der Waals surface area contributed by atoms with Gasteiger partial charge in [-0.25, -0.2) is 14.8 Å². The highest BCUT2D eigenvalue weighted by atomic mass is 16.4. The Hall–Kier alpha value is -3.26. The molecule has 0 aliphatic carbocycles. The summed E-state index contributed by atoms with van der Waals surface area (Å²) < 4.78 is 0.421. The fraction of sp³-hybridized carbons (Fsp3) is 0.462. The van der Waals surface area contributed by atoms with Gasteiger partial charge in [0.25, 0.3) is 0 Å². The quantitative estimate of drug-likeness (QED) is 0.303. The van der Waals surface area contributed by atoms with Gasteiger partial charge in [0.15, 0.2) is 12.4 Å². The van der Waals surface area contributed by atoms with Gasteiger partial charge in [-0.15, -0.1) is 0 Å². The van der Waals surface area contributed by atoms with Gasteiger partial charge in [-0.3, -0.25) is 0 Å². The molecule has 1 unspecified atom stereocenters. The monoisotopic (exact) mass is 465 g/mol. The number of pyridine rings is 1. The molecule has 1 atom stereocenters. The molecule has 0 saturated carbocycles. The van der Waals surface area contributed by atoms with Crippen molar-refractivity contribution in [1.82, 2.24) is 15.0 Å². The summed E-state index contributed by atoms with van der Waals surface area (Å²) in [5.74, 6) is 0.122. The smallest absolute Gasteiger partial charge is 0.359 e. The number of aliphatic carboxylic acids is 1. The van der Waals surface area contributed by atoms with Crippen LogP contribution in [0.1, 0.15) is 57.4 Å². The lowest BCUT2D eigenvalue weighted by atomic mass is 9.99.